The van der Waals surface area contributed by atoms with Gasteiger partial charge in [-0.25, -0.2) is 4.39 Å². The van der Waals surface area contributed by atoms with Crippen LogP contribution in [0.15, 0.2) is 18.2 Å². The largest absolute Gasteiger partial charge is 0.310 e. The number of nitrogens with one attached hydrogen (secondary N) is 1. The van der Waals surface area contributed by atoms with Crippen LogP contribution in [0.1, 0.15) is 50.8 Å². The molecule has 94 valence electrons. The van der Waals surface area contributed by atoms with Crippen molar-refractivity contribution in [1.82, 2.24) is 5.32 Å². The Labute approximate surface area is 103 Å². The van der Waals surface area contributed by atoms with Crippen LogP contribution in [0.2, 0.25) is 0 Å². The molecule has 17 heavy (non-hydrogen) atoms. The van der Waals surface area contributed by atoms with Crippen LogP contribution >= 0.6 is 0 Å². The molecule has 0 saturated heterocycles. The number of hydrogen-bond acceptors (Lipinski definition) is 1. The number of fused-ring (bicyclic) bond motifs is 1. The molecule has 0 heterocycles. The maximum absolute atomic E-state index is 13.4. The van der Waals surface area contributed by atoms with E-state index in [4.69, 9.17) is 0 Å². The molecule has 1 aromatic carbocycles. The first-order chi connectivity index (χ1) is 8.02. The maximum atomic E-state index is 13.4. The topological polar surface area (TPSA) is 12.0 Å². The van der Waals surface area contributed by atoms with Gasteiger partial charge in [0, 0.05) is 6.04 Å². The molecule has 1 N–H and O–H groups in total. The van der Waals surface area contributed by atoms with Gasteiger partial charge in [0.05, 0.1) is 0 Å². The van der Waals surface area contributed by atoms with Crippen LogP contribution in [0.25, 0.3) is 0 Å². The van der Waals surface area contributed by atoms with Crippen molar-refractivity contribution in [1.29, 1.82) is 0 Å². The average Bonchev–Trinajstić information content (AvgIpc) is 2.37. The van der Waals surface area contributed by atoms with Crippen molar-refractivity contribution in [2.75, 3.05) is 6.54 Å². The van der Waals surface area contributed by atoms with E-state index in [9.17, 15) is 4.39 Å². The van der Waals surface area contributed by atoms with E-state index >= 15 is 0 Å². The molecular formula is C15H22FN. The average molecular weight is 235 g/mol. The van der Waals surface area contributed by atoms with E-state index in [0.717, 1.165) is 24.9 Å². The highest BCUT2D eigenvalue weighted by Crippen LogP contribution is 2.39. The maximum Gasteiger partial charge on any atom is 0.123 e. The summed E-state index contributed by atoms with van der Waals surface area (Å²) < 4.78 is 13.4. The van der Waals surface area contributed by atoms with Crippen LogP contribution in [0.3, 0.4) is 0 Å². The Morgan fingerprint density at radius 3 is 2.88 bits per heavy atom. The molecule has 0 spiro atoms. The third kappa shape index (κ3) is 2.86. The highest BCUT2D eigenvalue weighted by molar-refractivity contribution is 5.32. The molecule has 1 nitrogen and oxygen atoms in total. The molecule has 0 saturated carbocycles. The highest BCUT2D eigenvalue weighted by Gasteiger charge is 2.29. The summed E-state index contributed by atoms with van der Waals surface area (Å²) in [7, 11) is 0. The van der Waals surface area contributed by atoms with E-state index in [1.54, 1.807) is 12.1 Å². The number of benzene rings is 1. The lowest BCUT2D eigenvalue weighted by Gasteiger charge is -2.27. The molecule has 0 fully saturated rings. The molecule has 1 unspecified atom stereocenters. The van der Waals surface area contributed by atoms with Gasteiger partial charge in [0.2, 0.25) is 0 Å². The van der Waals surface area contributed by atoms with Crippen molar-refractivity contribution in [3.05, 3.63) is 35.1 Å². The van der Waals surface area contributed by atoms with Gasteiger partial charge in [0.1, 0.15) is 5.82 Å². The van der Waals surface area contributed by atoms with E-state index in [-0.39, 0.29) is 5.82 Å². The normalized spacial score (nSPS) is 22.9. The van der Waals surface area contributed by atoms with Gasteiger partial charge in [-0.1, -0.05) is 26.8 Å². The van der Waals surface area contributed by atoms with Crippen LogP contribution in [-0.4, -0.2) is 6.54 Å². The monoisotopic (exact) mass is 235 g/mol. The SMILES string of the molecule is CCNC1CC(C)(C)CCc2ccc(F)cc21. The minimum absolute atomic E-state index is 0.119. The zero-order valence-electron chi connectivity index (χ0n) is 11.0. The molecule has 2 rings (SSSR count). The van der Waals surface area contributed by atoms with E-state index in [0.29, 0.717) is 11.5 Å². The zero-order chi connectivity index (χ0) is 12.5. The number of rotatable bonds is 2. The quantitative estimate of drug-likeness (QED) is 0.768. The van der Waals surface area contributed by atoms with Gasteiger partial charge in [-0.05, 0) is 54.5 Å². The molecule has 0 aromatic heterocycles. The zero-order valence-corrected chi connectivity index (χ0v) is 11.0. The van der Waals surface area contributed by atoms with E-state index in [2.05, 4.69) is 26.1 Å². The summed E-state index contributed by atoms with van der Waals surface area (Å²) in [5, 5.41) is 3.50. The molecule has 1 aromatic rings. The van der Waals surface area contributed by atoms with Gasteiger partial charge < -0.3 is 5.32 Å². The molecular weight excluding hydrogens is 213 g/mol. The fourth-order valence-electron chi connectivity index (χ4n) is 2.78. The summed E-state index contributed by atoms with van der Waals surface area (Å²) in [6, 6.07) is 5.55. The number of halogens is 1. The Bertz CT molecular complexity index is 398. The third-order valence-electron chi connectivity index (χ3n) is 3.76. The van der Waals surface area contributed by atoms with Gasteiger partial charge in [-0.3, -0.25) is 0 Å². The number of aryl methyl sites for hydroxylation is 1. The number of hydrogen-bond donors (Lipinski definition) is 1. The van der Waals surface area contributed by atoms with Crippen LogP contribution < -0.4 is 5.32 Å². The first kappa shape index (κ1) is 12.6. The Morgan fingerprint density at radius 1 is 1.41 bits per heavy atom. The molecule has 1 atom stereocenters. The van der Waals surface area contributed by atoms with Gasteiger partial charge in [-0.2, -0.15) is 0 Å². The molecule has 2 heteroatoms. The second kappa shape index (κ2) is 4.77. The van der Waals surface area contributed by atoms with E-state index in [1.165, 1.54) is 12.0 Å². The molecule has 0 bridgehead atoms. The molecule has 0 aliphatic heterocycles. The molecule has 1 aliphatic carbocycles. The molecule has 0 amide bonds. The lowest BCUT2D eigenvalue weighted by Crippen LogP contribution is -2.25. The van der Waals surface area contributed by atoms with Crippen LogP contribution in [0.4, 0.5) is 4.39 Å². The summed E-state index contributed by atoms with van der Waals surface area (Å²) in [5.41, 5.74) is 2.79. The Kier molecular flexibility index (Phi) is 3.53. The Morgan fingerprint density at radius 2 is 2.18 bits per heavy atom. The first-order valence-corrected chi connectivity index (χ1v) is 6.53. The second-order valence-corrected chi connectivity index (χ2v) is 5.82. The first-order valence-electron chi connectivity index (χ1n) is 6.53. The lowest BCUT2D eigenvalue weighted by molar-refractivity contribution is 0.275. The lowest BCUT2D eigenvalue weighted by atomic mass is 9.83. The highest BCUT2D eigenvalue weighted by atomic mass is 19.1. The third-order valence-corrected chi connectivity index (χ3v) is 3.76. The van der Waals surface area contributed by atoms with Crippen LogP contribution in [0.5, 0.6) is 0 Å². The van der Waals surface area contributed by atoms with Crippen LogP contribution in [-0.2, 0) is 6.42 Å². The van der Waals surface area contributed by atoms with Crippen molar-refractivity contribution in [3.8, 4) is 0 Å². The minimum atomic E-state index is -0.119. The van der Waals surface area contributed by atoms with Gasteiger partial charge in [0.25, 0.3) is 0 Å². The van der Waals surface area contributed by atoms with Crippen molar-refractivity contribution in [2.45, 2.75) is 46.1 Å². The molecule has 1 aliphatic rings. The Balaban J connectivity index is 2.38. The standard InChI is InChI=1S/C15H22FN/c1-4-17-14-10-15(2,3)8-7-11-5-6-12(16)9-13(11)14/h5-6,9,14,17H,4,7-8,10H2,1-3H3. The second-order valence-electron chi connectivity index (χ2n) is 5.82. The summed E-state index contributed by atoms with van der Waals surface area (Å²) >= 11 is 0. The van der Waals surface area contributed by atoms with E-state index in [1.807, 2.05) is 6.07 Å². The fraction of sp³-hybridized carbons (Fsp3) is 0.600. The summed E-state index contributed by atoms with van der Waals surface area (Å²) in [6.07, 6.45) is 3.31. The van der Waals surface area contributed by atoms with Crippen LogP contribution in [0, 0.1) is 11.2 Å². The summed E-state index contributed by atoms with van der Waals surface area (Å²) in [6.45, 7) is 7.65. The van der Waals surface area contributed by atoms with Crippen molar-refractivity contribution in [2.24, 2.45) is 5.41 Å². The van der Waals surface area contributed by atoms with E-state index < -0.39 is 0 Å². The molecule has 0 radical (unpaired) electrons. The van der Waals surface area contributed by atoms with Gasteiger partial charge in [-0.15, -0.1) is 0 Å². The fourth-order valence-corrected chi connectivity index (χ4v) is 2.78. The Hall–Kier alpha value is -0.890. The van der Waals surface area contributed by atoms with Crippen molar-refractivity contribution >= 4 is 0 Å². The predicted molar refractivity (Wildman–Crippen MR) is 69.5 cm³/mol. The summed E-state index contributed by atoms with van der Waals surface area (Å²) in [5.74, 6) is -0.119. The van der Waals surface area contributed by atoms with Gasteiger partial charge in [0.15, 0.2) is 0 Å². The minimum Gasteiger partial charge on any atom is -0.310 e. The van der Waals surface area contributed by atoms with Crippen molar-refractivity contribution in [3.63, 3.8) is 0 Å². The van der Waals surface area contributed by atoms with Gasteiger partial charge >= 0.3 is 0 Å². The summed E-state index contributed by atoms with van der Waals surface area (Å²) in [4.78, 5) is 0. The smallest absolute Gasteiger partial charge is 0.123 e. The predicted octanol–water partition coefficient (Wildman–Crippen LogP) is 3.84. The van der Waals surface area contributed by atoms with Crippen molar-refractivity contribution < 1.29 is 4.39 Å².